The summed E-state index contributed by atoms with van der Waals surface area (Å²) in [4.78, 5) is 26.3. The summed E-state index contributed by atoms with van der Waals surface area (Å²) in [6.07, 6.45) is 4.48. The van der Waals surface area contributed by atoms with Gasteiger partial charge in [-0.2, -0.15) is 12.6 Å². The van der Waals surface area contributed by atoms with Crippen LogP contribution in [0.5, 0.6) is 0 Å². The number of hydrogen-bond donors (Lipinski definition) is 3. The van der Waals surface area contributed by atoms with E-state index in [9.17, 15) is 9.59 Å². The summed E-state index contributed by atoms with van der Waals surface area (Å²) in [5.74, 6) is -0.871. The van der Waals surface area contributed by atoms with E-state index in [0.29, 0.717) is 18.6 Å². The van der Waals surface area contributed by atoms with Gasteiger partial charge in [0.05, 0.1) is 0 Å². The lowest BCUT2D eigenvalue weighted by molar-refractivity contribution is -0.141. The van der Waals surface area contributed by atoms with Crippen LogP contribution in [0.3, 0.4) is 0 Å². The molecule has 0 aromatic carbocycles. The van der Waals surface area contributed by atoms with E-state index in [0.717, 1.165) is 5.56 Å². The fourth-order valence-electron chi connectivity index (χ4n) is 1.46. The molecule has 0 saturated carbocycles. The van der Waals surface area contributed by atoms with Crippen LogP contribution in [0.4, 0.5) is 0 Å². The molecule has 0 spiro atoms. The topological polar surface area (TPSA) is 79.3 Å². The maximum atomic E-state index is 11.6. The zero-order valence-corrected chi connectivity index (χ0v) is 10.8. The highest BCUT2D eigenvalue weighted by Crippen LogP contribution is 2.02. The number of nitrogens with one attached hydrogen (secondary N) is 1. The molecule has 18 heavy (non-hydrogen) atoms. The lowest BCUT2D eigenvalue weighted by Gasteiger charge is -2.13. The van der Waals surface area contributed by atoms with Crippen molar-refractivity contribution in [1.29, 1.82) is 0 Å². The molecule has 1 heterocycles. The van der Waals surface area contributed by atoms with Crippen molar-refractivity contribution in [3.63, 3.8) is 0 Å². The highest BCUT2D eigenvalue weighted by molar-refractivity contribution is 7.80. The molecular formula is C12H16N2O3S. The predicted molar refractivity (Wildman–Crippen MR) is 70.6 cm³/mol. The monoisotopic (exact) mass is 268 g/mol. The van der Waals surface area contributed by atoms with Gasteiger partial charge < -0.3 is 10.4 Å². The SMILES string of the molecule is O=C(CCc1ccncc1)NC(CCS)C(=O)O. The summed E-state index contributed by atoms with van der Waals surface area (Å²) in [5.41, 5.74) is 1.00. The Bertz CT molecular complexity index is 398. The van der Waals surface area contributed by atoms with Crippen molar-refractivity contribution in [2.45, 2.75) is 25.3 Å². The van der Waals surface area contributed by atoms with Gasteiger partial charge in [-0.3, -0.25) is 9.78 Å². The van der Waals surface area contributed by atoms with Gasteiger partial charge in [-0.05, 0) is 36.3 Å². The minimum atomic E-state index is -1.03. The van der Waals surface area contributed by atoms with Gasteiger partial charge in [0.2, 0.25) is 5.91 Å². The van der Waals surface area contributed by atoms with Crippen LogP contribution in [0.25, 0.3) is 0 Å². The van der Waals surface area contributed by atoms with E-state index in [1.807, 2.05) is 12.1 Å². The van der Waals surface area contributed by atoms with Crippen LogP contribution in [0, 0.1) is 0 Å². The molecule has 0 radical (unpaired) electrons. The van der Waals surface area contributed by atoms with Crippen molar-refractivity contribution in [2.24, 2.45) is 0 Å². The molecule has 0 aliphatic rings. The zero-order chi connectivity index (χ0) is 13.4. The molecule has 1 amide bonds. The van der Waals surface area contributed by atoms with Crippen molar-refractivity contribution >= 4 is 24.5 Å². The number of carboxylic acid groups (broad SMARTS) is 1. The van der Waals surface area contributed by atoms with Crippen LogP contribution in [0.15, 0.2) is 24.5 Å². The van der Waals surface area contributed by atoms with E-state index < -0.39 is 12.0 Å². The molecular weight excluding hydrogens is 252 g/mol. The highest BCUT2D eigenvalue weighted by Gasteiger charge is 2.18. The number of rotatable bonds is 7. The summed E-state index contributed by atoms with van der Waals surface area (Å²) in [5, 5.41) is 11.4. The molecule has 1 rings (SSSR count). The van der Waals surface area contributed by atoms with E-state index in [1.165, 1.54) is 0 Å². The number of carboxylic acids is 1. The Morgan fingerprint density at radius 3 is 2.61 bits per heavy atom. The number of nitrogens with zero attached hydrogens (tertiary/aromatic N) is 1. The molecule has 5 nitrogen and oxygen atoms in total. The summed E-state index contributed by atoms with van der Waals surface area (Å²) >= 11 is 3.96. The fourth-order valence-corrected chi connectivity index (χ4v) is 1.72. The van der Waals surface area contributed by atoms with Crippen molar-refractivity contribution in [3.8, 4) is 0 Å². The van der Waals surface area contributed by atoms with Gasteiger partial charge in [0.1, 0.15) is 6.04 Å². The van der Waals surface area contributed by atoms with Gasteiger partial charge in [0.15, 0.2) is 0 Å². The Labute approximate surface area is 111 Å². The molecule has 0 aliphatic carbocycles. The van der Waals surface area contributed by atoms with Gasteiger partial charge >= 0.3 is 5.97 Å². The third-order valence-electron chi connectivity index (χ3n) is 2.44. The van der Waals surface area contributed by atoms with Crippen LogP contribution in [0.2, 0.25) is 0 Å². The molecule has 1 aromatic rings. The quantitative estimate of drug-likeness (QED) is 0.642. The van der Waals surface area contributed by atoms with E-state index in [4.69, 9.17) is 5.11 Å². The Kier molecular flexibility index (Phi) is 6.21. The lowest BCUT2D eigenvalue weighted by Crippen LogP contribution is -2.41. The largest absolute Gasteiger partial charge is 0.480 e. The van der Waals surface area contributed by atoms with E-state index >= 15 is 0 Å². The molecule has 0 bridgehead atoms. The van der Waals surface area contributed by atoms with Gasteiger partial charge in [-0.25, -0.2) is 4.79 Å². The first kappa shape index (κ1) is 14.5. The van der Waals surface area contributed by atoms with Gasteiger partial charge in [0.25, 0.3) is 0 Å². The number of hydrogen-bond acceptors (Lipinski definition) is 4. The predicted octanol–water partition coefficient (Wildman–Crippen LogP) is 0.903. The summed E-state index contributed by atoms with van der Waals surface area (Å²) < 4.78 is 0. The number of thiol groups is 1. The van der Waals surface area contributed by atoms with E-state index in [-0.39, 0.29) is 12.3 Å². The van der Waals surface area contributed by atoms with Gasteiger partial charge in [0, 0.05) is 18.8 Å². The molecule has 1 unspecified atom stereocenters. The Balaban J connectivity index is 2.39. The van der Waals surface area contributed by atoms with Crippen LogP contribution in [-0.2, 0) is 16.0 Å². The van der Waals surface area contributed by atoms with Crippen molar-refractivity contribution in [1.82, 2.24) is 10.3 Å². The molecule has 1 aromatic heterocycles. The number of carbonyl (C=O) groups is 2. The van der Waals surface area contributed by atoms with Crippen LogP contribution >= 0.6 is 12.6 Å². The second kappa shape index (κ2) is 7.71. The number of aryl methyl sites for hydroxylation is 1. The molecule has 1 atom stereocenters. The normalized spacial score (nSPS) is 11.8. The van der Waals surface area contributed by atoms with E-state index in [1.54, 1.807) is 12.4 Å². The van der Waals surface area contributed by atoms with Crippen LogP contribution in [0.1, 0.15) is 18.4 Å². The molecule has 0 fully saturated rings. The first-order chi connectivity index (χ1) is 8.63. The lowest BCUT2D eigenvalue weighted by atomic mass is 10.1. The maximum absolute atomic E-state index is 11.6. The fraction of sp³-hybridized carbons (Fsp3) is 0.417. The average Bonchev–Trinajstić information content (AvgIpc) is 2.37. The molecule has 0 saturated heterocycles. The summed E-state index contributed by atoms with van der Waals surface area (Å²) in [7, 11) is 0. The molecule has 2 N–H and O–H groups in total. The number of carbonyl (C=O) groups excluding carboxylic acids is 1. The number of aromatic nitrogens is 1. The Morgan fingerprint density at radius 2 is 2.06 bits per heavy atom. The minimum absolute atomic E-state index is 0.263. The van der Waals surface area contributed by atoms with E-state index in [2.05, 4.69) is 22.9 Å². The van der Waals surface area contributed by atoms with Crippen LogP contribution in [-0.4, -0.2) is 33.8 Å². The first-order valence-corrected chi connectivity index (χ1v) is 6.28. The first-order valence-electron chi connectivity index (χ1n) is 5.65. The Morgan fingerprint density at radius 1 is 1.39 bits per heavy atom. The van der Waals surface area contributed by atoms with Crippen molar-refractivity contribution in [2.75, 3.05) is 5.75 Å². The minimum Gasteiger partial charge on any atom is -0.480 e. The number of aliphatic carboxylic acids is 1. The summed E-state index contributed by atoms with van der Waals surface area (Å²) in [6.45, 7) is 0. The average molecular weight is 268 g/mol. The maximum Gasteiger partial charge on any atom is 0.326 e. The molecule has 0 aliphatic heterocycles. The van der Waals surface area contributed by atoms with Crippen LogP contribution < -0.4 is 5.32 Å². The highest BCUT2D eigenvalue weighted by atomic mass is 32.1. The number of pyridine rings is 1. The number of amides is 1. The van der Waals surface area contributed by atoms with Gasteiger partial charge in [-0.15, -0.1) is 0 Å². The smallest absolute Gasteiger partial charge is 0.326 e. The molecule has 6 heteroatoms. The second-order valence-corrected chi connectivity index (χ2v) is 4.27. The molecule has 98 valence electrons. The van der Waals surface area contributed by atoms with Crippen molar-refractivity contribution < 1.29 is 14.7 Å². The third-order valence-corrected chi connectivity index (χ3v) is 2.70. The Hall–Kier alpha value is -1.56. The third kappa shape index (κ3) is 5.18. The summed E-state index contributed by atoms with van der Waals surface area (Å²) in [6, 6.07) is 2.80. The van der Waals surface area contributed by atoms with Gasteiger partial charge in [-0.1, -0.05) is 0 Å². The standard InChI is InChI=1S/C12H16N2O3S/c15-11(14-10(5-8-18)12(16)17)2-1-9-3-6-13-7-4-9/h3-4,6-7,10,18H,1-2,5,8H2,(H,14,15)(H,16,17). The van der Waals surface area contributed by atoms with Crippen molar-refractivity contribution in [3.05, 3.63) is 30.1 Å². The second-order valence-electron chi connectivity index (χ2n) is 3.83. The zero-order valence-electron chi connectivity index (χ0n) is 9.87.